The third kappa shape index (κ3) is 3.64. The van der Waals surface area contributed by atoms with Crippen molar-refractivity contribution in [1.29, 1.82) is 0 Å². The van der Waals surface area contributed by atoms with Crippen molar-refractivity contribution in [3.63, 3.8) is 0 Å². The number of carbonyl (C=O) groups excluding carboxylic acids is 1. The number of ether oxygens (including phenoxy) is 2. The molecule has 6 nitrogen and oxygen atoms in total. The molecule has 0 saturated carbocycles. The second-order valence-corrected chi connectivity index (χ2v) is 7.84. The predicted octanol–water partition coefficient (Wildman–Crippen LogP) is 4.88. The van der Waals surface area contributed by atoms with Crippen LogP contribution in [0.2, 0.25) is 0 Å². The van der Waals surface area contributed by atoms with Crippen LogP contribution in [0, 0.1) is 0 Å². The van der Waals surface area contributed by atoms with Gasteiger partial charge in [0.2, 0.25) is 5.91 Å². The molecule has 0 bridgehead atoms. The van der Waals surface area contributed by atoms with Crippen LogP contribution in [-0.2, 0) is 11.3 Å². The van der Waals surface area contributed by atoms with Crippen molar-refractivity contribution >= 4 is 38.6 Å². The molecule has 0 unspecified atom stereocenters. The lowest BCUT2D eigenvalue weighted by Crippen LogP contribution is -2.20. The third-order valence-corrected chi connectivity index (χ3v) is 5.36. The van der Waals surface area contributed by atoms with Crippen LogP contribution in [0.25, 0.3) is 22.4 Å². The number of hydrogen-bond donors (Lipinski definition) is 1. The van der Waals surface area contributed by atoms with Gasteiger partial charge in [0.1, 0.15) is 25.6 Å². The lowest BCUT2D eigenvalue weighted by atomic mass is 10.2. The number of para-hydroxylation sites is 2. The molecule has 0 aliphatic carbocycles. The van der Waals surface area contributed by atoms with E-state index in [4.69, 9.17) is 14.5 Å². The van der Waals surface area contributed by atoms with Gasteiger partial charge in [-0.15, -0.1) is 0 Å². The predicted molar refractivity (Wildman–Crippen MR) is 119 cm³/mol. The molecule has 0 radical (unpaired) electrons. The van der Waals surface area contributed by atoms with Crippen LogP contribution in [0.5, 0.6) is 11.5 Å². The van der Waals surface area contributed by atoms with E-state index in [9.17, 15) is 4.79 Å². The maximum atomic E-state index is 12.9. The summed E-state index contributed by atoms with van der Waals surface area (Å²) in [6.07, 6.45) is 0. The molecule has 4 aromatic rings. The first-order valence-corrected chi connectivity index (χ1v) is 10.4. The molecule has 0 saturated heterocycles. The number of fused-ring (bicyclic) bond motifs is 2. The first-order valence-electron chi connectivity index (χ1n) is 9.58. The largest absolute Gasteiger partial charge is 0.486 e. The monoisotopic (exact) mass is 463 g/mol. The van der Waals surface area contributed by atoms with Crippen molar-refractivity contribution in [3.8, 4) is 22.9 Å². The maximum absolute atomic E-state index is 12.9. The van der Waals surface area contributed by atoms with Gasteiger partial charge >= 0.3 is 0 Å². The molecular weight excluding hydrogens is 446 g/mol. The van der Waals surface area contributed by atoms with Crippen LogP contribution in [0.3, 0.4) is 0 Å². The highest BCUT2D eigenvalue weighted by Crippen LogP contribution is 2.33. The van der Waals surface area contributed by atoms with Gasteiger partial charge in [-0.25, -0.2) is 4.98 Å². The van der Waals surface area contributed by atoms with E-state index in [-0.39, 0.29) is 12.5 Å². The van der Waals surface area contributed by atoms with Gasteiger partial charge in [-0.3, -0.25) is 4.79 Å². The van der Waals surface area contributed by atoms with Crippen molar-refractivity contribution in [3.05, 3.63) is 71.2 Å². The second-order valence-electron chi connectivity index (χ2n) is 6.93. The number of hydrogen-bond acceptors (Lipinski definition) is 4. The fourth-order valence-electron chi connectivity index (χ4n) is 3.55. The van der Waals surface area contributed by atoms with Crippen LogP contribution in [0.1, 0.15) is 0 Å². The summed E-state index contributed by atoms with van der Waals surface area (Å²) < 4.78 is 14.0. The first-order chi connectivity index (χ1) is 14.7. The molecule has 3 aromatic carbocycles. The Bertz CT molecular complexity index is 1250. The Labute approximate surface area is 181 Å². The normalized spacial score (nSPS) is 12.7. The Morgan fingerprint density at radius 1 is 1.00 bits per heavy atom. The van der Waals surface area contributed by atoms with Crippen molar-refractivity contribution < 1.29 is 14.3 Å². The molecule has 1 aromatic heterocycles. The highest BCUT2D eigenvalue weighted by atomic mass is 79.9. The number of nitrogens with zero attached hydrogens (tertiary/aromatic N) is 2. The SMILES string of the molecule is O=C(Cn1c(-c2cccc(Br)c2)nc2ccccc21)Nc1ccc2c(c1)OCCO2. The average Bonchev–Trinajstić information content (AvgIpc) is 3.12. The van der Waals surface area contributed by atoms with E-state index in [1.54, 1.807) is 6.07 Å². The van der Waals surface area contributed by atoms with E-state index < -0.39 is 0 Å². The summed E-state index contributed by atoms with van der Waals surface area (Å²) in [5.41, 5.74) is 3.36. The summed E-state index contributed by atoms with van der Waals surface area (Å²) in [4.78, 5) is 17.7. The Morgan fingerprint density at radius 2 is 1.83 bits per heavy atom. The van der Waals surface area contributed by atoms with Crippen molar-refractivity contribution in [2.75, 3.05) is 18.5 Å². The summed E-state index contributed by atoms with van der Waals surface area (Å²) >= 11 is 3.51. The number of amides is 1. The fourth-order valence-corrected chi connectivity index (χ4v) is 3.95. The lowest BCUT2D eigenvalue weighted by Gasteiger charge is -2.19. The zero-order valence-corrected chi connectivity index (χ0v) is 17.6. The lowest BCUT2D eigenvalue weighted by molar-refractivity contribution is -0.116. The standard InChI is InChI=1S/C23H18BrN3O3/c24-16-5-3-4-15(12-16)23-26-18-6-1-2-7-19(18)27(23)14-22(28)25-17-8-9-20-21(13-17)30-11-10-29-20/h1-9,12-13H,10-11,14H2,(H,25,28). The number of imidazole rings is 1. The molecule has 1 amide bonds. The minimum atomic E-state index is -0.147. The number of aromatic nitrogens is 2. The van der Waals surface area contributed by atoms with Gasteiger partial charge in [0.25, 0.3) is 0 Å². The second kappa shape index (κ2) is 7.84. The van der Waals surface area contributed by atoms with E-state index in [1.807, 2.05) is 65.2 Å². The van der Waals surface area contributed by atoms with Crippen LogP contribution < -0.4 is 14.8 Å². The van der Waals surface area contributed by atoms with Crippen molar-refractivity contribution in [2.24, 2.45) is 0 Å². The minimum absolute atomic E-state index is 0.136. The number of halogens is 1. The molecular formula is C23H18BrN3O3. The van der Waals surface area contributed by atoms with Gasteiger partial charge in [-0.2, -0.15) is 0 Å². The molecule has 0 spiro atoms. The van der Waals surface area contributed by atoms with Crippen LogP contribution in [-0.4, -0.2) is 28.7 Å². The smallest absolute Gasteiger partial charge is 0.244 e. The Hall–Kier alpha value is -3.32. The molecule has 150 valence electrons. The van der Waals surface area contributed by atoms with Gasteiger partial charge in [0.05, 0.1) is 11.0 Å². The fraction of sp³-hybridized carbons (Fsp3) is 0.130. The molecule has 0 fully saturated rings. The van der Waals surface area contributed by atoms with E-state index in [2.05, 4.69) is 21.2 Å². The number of rotatable bonds is 4. The Kier molecular flexibility index (Phi) is 4.88. The van der Waals surface area contributed by atoms with Crippen molar-refractivity contribution in [1.82, 2.24) is 9.55 Å². The number of carbonyl (C=O) groups is 1. The average molecular weight is 464 g/mol. The molecule has 0 atom stereocenters. The first kappa shape index (κ1) is 18.7. The summed E-state index contributed by atoms with van der Waals surface area (Å²) in [5.74, 6) is 1.93. The van der Waals surface area contributed by atoms with Gasteiger partial charge < -0.3 is 19.4 Å². The quantitative estimate of drug-likeness (QED) is 0.468. The summed E-state index contributed by atoms with van der Waals surface area (Å²) in [5, 5.41) is 2.95. The van der Waals surface area contributed by atoms with E-state index in [1.165, 1.54) is 0 Å². The zero-order valence-electron chi connectivity index (χ0n) is 16.0. The van der Waals surface area contributed by atoms with Gasteiger partial charge in [-0.1, -0.05) is 40.2 Å². The third-order valence-electron chi connectivity index (χ3n) is 4.87. The van der Waals surface area contributed by atoms with E-state index in [0.29, 0.717) is 30.4 Å². The molecule has 1 aliphatic heterocycles. The van der Waals surface area contributed by atoms with Crippen LogP contribution in [0.4, 0.5) is 5.69 Å². The molecule has 1 aliphatic rings. The molecule has 2 heterocycles. The molecule has 1 N–H and O–H groups in total. The Balaban J connectivity index is 1.46. The molecule has 5 rings (SSSR count). The van der Waals surface area contributed by atoms with Gasteiger partial charge in [0, 0.05) is 21.8 Å². The van der Waals surface area contributed by atoms with E-state index >= 15 is 0 Å². The van der Waals surface area contributed by atoms with Crippen LogP contribution >= 0.6 is 15.9 Å². The number of anilines is 1. The maximum Gasteiger partial charge on any atom is 0.244 e. The van der Waals surface area contributed by atoms with Crippen LogP contribution in [0.15, 0.2) is 71.2 Å². The van der Waals surface area contributed by atoms with Gasteiger partial charge in [-0.05, 0) is 36.4 Å². The molecule has 30 heavy (non-hydrogen) atoms. The highest BCUT2D eigenvalue weighted by Gasteiger charge is 2.17. The Morgan fingerprint density at radius 3 is 2.70 bits per heavy atom. The molecule has 7 heteroatoms. The highest BCUT2D eigenvalue weighted by molar-refractivity contribution is 9.10. The number of benzene rings is 3. The number of nitrogens with one attached hydrogen (secondary N) is 1. The summed E-state index contributed by atoms with van der Waals surface area (Å²) in [6, 6.07) is 21.1. The zero-order chi connectivity index (χ0) is 20.5. The summed E-state index contributed by atoms with van der Waals surface area (Å²) in [7, 11) is 0. The van der Waals surface area contributed by atoms with Gasteiger partial charge in [0.15, 0.2) is 11.5 Å². The van der Waals surface area contributed by atoms with Crippen molar-refractivity contribution in [2.45, 2.75) is 6.54 Å². The topological polar surface area (TPSA) is 65.4 Å². The van der Waals surface area contributed by atoms with E-state index in [0.717, 1.165) is 26.9 Å². The summed E-state index contributed by atoms with van der Waals surface area (Å²) in [6.45, 7) is 1.17. The minimum Gasteiger partial charge on any atom is -0.486 e.